The van der Waals surface area contributed by atoms with Crippen molar-refractivity contribution in [2.75, 3.05) is 6.61 Å². The van der Waals surface area contributed by atoms with Gasteiger partial charge >= 0.3 is 0 Å². The number of ether oxygens (including phenoxy) is 1. The number of carbonyl (C=O) groups excluding carboxylic acids is 1. The van der Waals surface area contributed by atoms with E-state index in [0.717, 1.165) is 31.2 Å². The molecule has 25 heavy (non-hydrogen) atoms. The molecule has 1 N–H and O–H groups in total. The van der Waals surface area contributed by atoms with Crippen LogP contribution in [0.2, 0.25) is 0 Å². The Hall–Kier alpha value is -2.01. The van der Waals surface area contributed by atoms with Crippen LogP contribution in [-0.2, 0) is 21.8 Å². The summed E-state index contributed by atoms with van der Waals surface area (Å²) in [6.07, 6.45) is 3.79. The molecule has 0 saturated heterocycles. The highest BCUT2D eigenvalue weighted by Crippen LogP contribution is 2.43. The second kappa shape index (κ2) is 7.48. The fourth-order valence-electron chi connectivity index (χ4n) is 3.39. The number of carbonyl (C=O) groups is 1. The number of aryl methyl sites for hydroxylation is 1. The van der Waals surface area contributed by atoms with Gasteiger partial charge in [-0.15, -0.1) is 0 Å². The summed E-state index contributed by atoms with van der Waals surface area (Å²) in [5.74, 6) is -1.52. The predicted octanol–water partition coefficient (Wildman–Crippen LogP) is 4.69. The number of fused-ring (bicyclic) bond motifs is 2. The first-order valence-corrected chi connectivity index (χ1v) is 8.92. The zero-order chi connectivity index (χ0) is 17.9. The van der Waals surface area contributed by atoms with Crippen LogP contribution in [-0.4, -0.2) is 17.6 Å². The molecule has 1 atom stereocenters. The Kier molecular flexibility index (Phi) is 5.33. The first-order valence-electron chi connectivity index (χ1n) is 8.92. The lowest BCUT2D eigenvalue weighted by Gasteiger charge is -2.37. The van der Waals surface area contributed by atoms with Gasteiger partial charge in [0.25, 0.3) is 5.79 Å². The van der Waals surface area contributed by atoms with E-state index in [2.05, 4.69) is 6.92 Å². The lowest BCUT2D eigenvalue weighted by Crippen LogP contribution is -2.40. The van der Waals surface area contributed by atoms with Crippen LogP contribution in [0, 0.1) is 0 Å². The summed E-state index contributed by atoms with van der Waals surface area (Å²) in [4.78, 5) is 17.9. The van der Waals surface area contributed by atoms with Crippen LogP contribution in [0.15, 0.2) is 42.5 Å². The summed E-state index contributed by atoms with van der Waals surface area (Å²) in [5, 5.41) is 9.87. The molecule has 0 spiro atoms. The third kappa shape index (κ3) is 3.01. The summed E-state index contributed by atoms with van der Waals surface area (Å²) < 4.78 is 6.07. The van der Waals surface area contributed by atoms with E-state index >= 15 is 0 Å². The molecule has 1 aliphatic rings. The molecule has 0 heterocycles. The fraction of sp³-hybridized carbons (Fsp3) is 0.381. The van der Waals surface area contributed by atoms with E-state index in [1.807, 2.05) is 37.3 Å². The van der Waals surface area contributed by atoms with E-state index in [0.29, 0.717) is 28.9 Å². The minimum absolute atomic E-state index is 0.0641. The summed E-state index contributed by atoms with van der Waals surface area (Å²) in [6.45, 7) is 4.60. The molecule has 0 aromatic heterocycles. The molecule has 0 amide bonds. The van der Waals surface area contributed by atoms with Gasteiger partial charge in [0.1, 0.15) is 0 Å². The van der Waals surface area contributed by atoms with Crippen molar-refractivity contribution in [3.05, 3.63) is 70.3 Å². The van der Waals surface area contributed by atoms with Gasteiger partial charge < -0.3 is 4.74 Å². The Morgan fingerprint density at radius 3 is 2.48 bits per heavy atom. The molecule has 1 aliphatic carbocycles. The Morgan fingerprint density at radius 2 is 1.76 bits per heavy atom. The highest BCUT2D eigenvalue weighted by Gasteiger charge is 2.46. The third-order valence-corrected chi connectivity index (χ3v) is 4.80. The molecule has 2 aromatic rings. The zero-order valence-corrected chi connectivity index (χ0v) is 14.7. The van der Waals surface area contributed by atoms with Gasteiger partial charge in [-0.3, -0.25) is 4.79 Å². The maximum atomic E-state index is 13.0. The van der Waals surface area contributed by atoms with Crippen LogP contribution >= 0.6 is 0 Å². The molecule has 132 valence electrons. The third-order valence-electron chi connectivity index (χ3n) is 4.80. The highest BCUT2D eigenvalue weighted by atomic mass is 17.1. The molecule has 3 rings (SSSR count). The van der Waals surface area contributed by atoms with Crippen molar-refractivity contribution in [1.29, 1.82) is 0 Å². The van der Waals surface area contributed by atoms with Gasteiger partial charge in [0.15, 0.2) is 5.78 Å². The van der Waals surface area contributed by atoms with Crippen molar-refractivity contribution in [3.8, 4) is 0 Å². The maximum absolute atomic E-state index is 13.0. The summed E-state index contributed by atoms with van der Waals surface area (Å²) >= 11 is 0. The Morgan fingerprint density at radius 1 is 1.00 bits per heavy atom. The molecule has 4 heteroatoms. The number of rotatable bonds is 7. The van der Waals surface area contributed by atoms with E-state index in [1.54, 1.807) is 12.1 Å². The van der Waals surface area contributed by atoms with Crippen LogP contribution in [0.25, 0.3) is 0 Å². The largest absolute Gasteiger partial charge is 0.340 e. The van der Waals surface area contributed by atoms with Gasteiger partial charge in [-0.05, 0) is 24.5 Å². The first-order chi connectivity index (χ1) is 12.2. The highest BCUT2D eigenvalue weighted by molar-refractivity contribution is 6.13. The van der Waals surface area contributed by atoms with E-state index in [4.69, 9.17) is 9.62 Å². The lowest BCUT2D eigenvalue weighted by molar-refractivity contribution is -0.396. The van der Waals surface area contributed by atoms with Crippen LogP contribution in [0.4, 0.5) is 0 Å². The SMILES string of the molecule is CCCCCOC1(OO)c2ccccc2C(=O)c2cc(CC)ccc21. The Balaban J connectivity index is 2.13. The summed E-state index contributed by atoms with van der Waals surface area (Å²) in [5.41, 5.74) is 3.21. The van der Waals surface area contributed by atoms with Crippen molar-refractivity contribution in [2.24, 2.45) is 0 Å². The number of ketones is 1. The monoisotopic (exact) mass is 340 g/mol. The molecular weight excluding hydrogens is 316 g/mol. The Bertz CT molecular complexity index is 768. The van der Waals surface area contributed by atoms with Crippen LogP contribution in [0.3, 0.4) is 0 Å². The molecular formula is C21H24O4. The molecule has 0 aliphatic heterocycles. The van der Waals surface area contributed by atoms with Gasteiger partial charge in [-0.25, -0.2) is 5.26 Å². The molecule has 0 saturated carbocycles. The minimum Gasteiger partial charge on any atom is -0.340 e. The van der Waals surface area contributed by atoms with Crippen molar-refractivity contribution in [2.45, 2.75) is 45.3 Å². The second-order valence-corrected chi connectivity index (χ2v) is 6.37. The quantitative estimate of drug-likeness (QED) is 0.344. The van der Waals surface area contributed by atoms with Crippen LogP contribution in [0.1, 0.15) is 65.7 Å². The average molecular weight is 340 g/mol. The number of benzene rings is 2. The minimum atomic E-state index is -1.46. The van der Waals surface area contributed by atoms with Gasteiger partial charge in [0.05, 0.1) is 6.61 Å². The van der Waals surface area contributed by atoms with Crippen LogP contribution < -0.4 is 0 Å². The smallest absolute Gasteiger partial charge is 0.255 e. The van der Waals surface area contributed by atoms with Gasteiger partial charge in [-0.2, -0.15) is 4.89 Å². The summed E-state index contributed by atoms with van der Waals surface area (Å²) in [7, 11) is 0. The van der Waals surface area contributed by atoms with Gasteiger partial charge in [-0.1, -0.05) is 63.1 Å². The van der Waals surface area contributed by atoms with Gasteiger partial charge in [0, 0.05) is 22.3 Å². The van der Waals surface area contributed by atoms with E-state index < -0.39 is 5.79 Å². The molecule has 0 fully saturated rings. The summed E-state index contributed by atoms with van der Waals surface area (Å²) in [6, 6.07) is 12.8. The van der Waals surface area contributed by atoms with E-state index in [-0.39, 0.29) is 5.78 Å². The van der Waals surface area contributed by atoms with Crippen molar-refractivity contribution in [1.82, 2.24) is 0 Å². The average Bonchev–Trinajstić information content (AvgIpc) is 2.67. The maximum Gasteiger partial charge on any atom is 0.255 e. The van der Waals surface area contributed by atoms with E-state index in [1.165, 1.54) is 0 Å². The normalized spacial score (nSPS) is 18.8. The Labute approximate surface area is 148 Å². The first kappa shape index (κ1) is 17.8. The van der Waals surface area contributed by atoms with Crippen LogP contribution in [0.5, 0.6) is 0 Å². The number of hydrogen-bond donors (Lipinski definition) is 1. The van der Waals surface area contributed by atoms with E-state index in [9.17, 15) is 10.1 Å². The second-order valence-electron chi connectivity index (χ2n) is 6.37. The lowest BCUT2D eigenvalue weighted by atomic mass is 9.79. The zero-order valence-electron chi connectivity index (χ0n) is 14.7. The molecule has 2 aromatic carbocycles. The predicted molar refractivity (Wildman–Crippen MR) is 95.7 cm³/mol. The van der Waals surface area contributed by atoms with Crippen molar-refractivity contribution in [3.63, 3.8) is 0 Å². The van der Waals surface area contributed by atoms with Crippen molar-refractivity contribution < 1.29 is 19.7 Å². The molecule has 0 bridgehead atoms. The van der Waals surface area contributed by atoms with Crippen molar-refractivity contribution >= 4 is 5.78 Å². The number of unbranched alkanes of at least 4 members (excludes halogenated alkanes) is 2. The standard InChI is InChI=1S/C21H24O4/c1-3-5-8-13-24-21(25-23)18-10-7-6-9-16(18)20(22)17-14-15(4-2)11-12-19(17)21/h6-7,9-12,14,23H,3-5,8,13H2,1-2H3. The van der Waals surface area contributed by atoms with Gasteiger partial charge in [0.2, 0.25) is 0 Å². The molecule has 0 radical (unpaired) electrons. The molecule has 1 unspecified atom stereocenters. The topological polar surface area (TPSA) is 55.8 Å². The number of hydrogen-bond acceptors (Lipinski definition) is 4. The fourth-order valence-corrected chi connectivity index (χ4v) is 3.39. The molecule has 4 nitrogen and oxygen atoms in total.